The first-order valence-corrected chi connectivity index (χ1v) is 8.40. The fraction of sp³-hybridized carbons (Fsp3) is 0.190. The van der Waals surface area contributed by atoms with E-state index in [9.17, 15) is 4.79 Å². The molecule has 2 aromatic carbocycles. The number of amides is 1. The van der Waals surface area contributed by atoms with Crippen molar-refractivity contribution in [3.05, 3.63) is 78.8 Å². The first kappa shape index (κ1) is 17.0. The average molecular weight is 334 g/mol. The predicted octanol–water partition coefficient (Wildman–Crippen LogP) is 4.62. The lowest BCUT2D eigenvalue weighted by Crippen LogP contribution is -2.39. The molecule has 2 N–H and O–H groups in total. The van der Waals surface area contributed by atoms with Crippen LogP contribution in [0.15, 0.2) is 77.4 Å². The van der Waals surface area contributed by atoms with E-state index in [2.05, 4.69) is 10.6 Å². The van der Waals surface area contributed by atoms with Crippen molar-refractivity contribution in [2.24, 2.45) is 0 Å². The van der Waals surface area contributed by atoms with Gasteiger partial charge in [-0.15, -0.1) is 0 Å². The van der Waals surface area contributed by atoms with E-state index in [1.165, 1.54) is 0 Å². The van der Waals surface area contributed by atoms with Crippen molar-refractivity contribution < 1.29 is 9.21 Å². The summed E-state index contributed by atoms with van der Waals surface area (Å²) in [6.07, 6.45) is 1.63. The molecule has 1 heterocycles. The van der Waals surface area contributed by atoms with Crippen LogP contribution in [0.25, 0.3) is 11.1 Å². The molecule has 0 saturated carbocycles. The van der Waals surface area contributed by atoms with Gasteiger partial charge in [-0.3, -0.25) is 10.1 Å². The molecule has 0 bridgehead atoms. The molecular formula is C21H22N2O2. The van der Waals surface area contributed by atoms with E-state index in [1.54, 1.807) is 6.26 Å². The molecule has 3 aromatic rings. The van der Waals surface area contributed by atoms with Crippen LogP contribution in [-0.4, -0.2) is 11.9 Å². The van der Waals surface area contributed by atoms with Crippen LogP contribution in [0.4, 0.5) is 5.69 Å². The zero-order valence-corrected chi connectivity index (χ0v) is 14.4. The molecule has 0 spiro atoms. The Morgan fingerprint density at radius 1 is 0.920 bits per heavy atom. The van der Waals surface area contributed by atoms with E-state index in [4.69, 9.17) is 4.42 Å². The van der Waals surface area contributed by atoms with E-state index < -0.39 is 0 Å². The van der Waals surface area contributed by atoms with Crippen molar-refractivity contribution in [1.29, 1.82) is 0 Å². The molecule has 0 fully saturated rings. The van der Waals surface area contributed by atoms with Gasteiger partial charge in [-0.05, 0) is 37.6 Å². The highest BCUT2D eigenvalue weighted by atomic mass is 16.3. The van der Waals surface area contributed by atoms with Crippen LogP contribution in [0.5, 0.6) is 0 Å². The lowest BCUT2D eigenvalue weighted by molar-refractivity contribution is -0.118. The number of furan rings is 1. The highest BCUT2D eigenvalue weighted by molar-refractivity contribution is 5.98. The number of nitrogens with one attached hydrogen (secondary N) is 2. The van der Waals surface area contributed by atoms with E-state index in [0.29, 0.717) is 0 Å². The summed E-state index contributed by atoms with van der Waals surface area (Å²) in [5, 5.41) is 6.28. The fourth-order valence-corrected chi connectivity index (χ4v) is 2.77. The summed E-state index contributed by atoms with van der Waals surface area (Å²) in [5.74, 6) is 0.728. The number of carbonyl (C=O) groups excluding carboxylic acids is 1. The SMILES string of the molecule is C[C@H](N[C@H](C)C(=O)Nc1ccccc1-c1ccccc1)c1ccco1. The molecule has 128 valence electrons. The van der Waals surface area contributed by atoms with Gasteiger partial charge in [-0.2, -0.15) is 0 Å². The Bertz CT molecular complexity index is 813. The maximum absolute atomic E-state index is 12.6. The van der Waals surface area contributed by atoms with Crippen molar-refractivity contribution in [3.63, 3.8) is 0 Å². The summed E-state index contributed by atoms with van der Waals surface area (Å²) in [7, 11) is 0. The summed E-state index contributed by atoms with van der Waals surface area (Å²) in [6, 6.07) is 21.2. The maximum Gasteiger partial charge on any atom is 0.241 e. The van der Waals surface area contributed by atoms with Crippen molar-refractivity contribution in [2.45, 2.75) is 25.9 Å². The summed E-state index contributed by atoms with van der Waals surface area (Å²) < 4.78 is 5.38. The summed E-state index contributed by atoms with van der Waals surface area (Å²) in [4.78, 5) is 12.6. The minimum atomic E-state index is -0.357. The number of hydrogen-bond donors (Lipinski definition) is 2. The van der Waals surface area contributed by atoms with Crippen molar-refractivity contribution in [1.82, 2.24) is 5.32 Å². The Morgan fingerprint density at radius 2 is 1.64 bits per heavy atom. The van der Waals surface area contributed by atoms with Gasteiger partial charge in [0.2, 0.25) is 5.91 Å². The van der Waals surface area contributed by atoms with Crippen molar-refractivity contribution in [3.8, 4) is 11.1 Å². The zero-order chi connectivity index (χ0) is 17.6. The summed E-state index contributed by atoms with van der Waals surface area (Å²) in [5.41, 5.74) is 2.88. The Balaban J connectivity index is 1.71. The van der Waals surface area contributed by atoms with Crippen molar-refractivity contribution in [2.75, 3.05) is 5.32 Å². The van der Waals surface area contributed by atoms with E-state index in [-0.39, 0.29) is 18.0 Å². The van der Waals surface area contributed by atoms with Crippen LogP contribution in [0.2, 0.25) is 0 Å². The molecular weight excluding hydrogens is 312 g/mol. The van der Waals surface area contributed by atoms with E-state index >= 15 is 0 Å². The zero-order valence-electron chi connectivity index (χ0n) is 14.4. The van der Waals surface area contributed by atoms with Crippen LogP contribution < -0.4 is 10.6 Å². The largest absolute Gasteiger partial charge is 0.468 e. The number of para-hydroxylation sites is 1. The standard InChI is InChI=1S/C21H22N2O2/c1-15(20-13-8-14-25-20)22-16(2)21(24)23-19-12-7-6-11-18(19)17-9-4-3-5-10-17/h3-16,22H,1-2H3,(H,23,24)/t15-,16+/m0/s1. The molecule has 0 aliphatic heterocycles. The molecule has 4 heteroatoms. The first-order chi connectivity index (χ1) is 12.1. The number of rotatable bonds is 6. The van der Waals surface area contributed by atoms with Gasteiger partial charge in [0, 0.05) is 11.3 Å². The topological polar surface area (TPSA) is 54.3 Å². The Hall–Kier alpha value is -2.85. The molecule has 0 radical (unpaired) electrons. The Morgan fingerprint density at radius 3 is 2.36 bits per heavy atom. The normalized spacial score (nSPS) is 13.2. The van der Waals surface area contributed by atoms with Gasteiger partial charge in [-0.1, -0.05) is 48.5 Å². The molecule has 0 saturated heterocycles. The molecule has 25 heavy (non-hydrogen) atoms. The molecule has 1 amide bonds. The Labute approximate surface area is 147 Å². The van der Waals surface area contributed by atoms with Gasteiger partial charge in [0.05, 0.1) is 18.3 Å². The van der Waals surface area contributed by atoms with Crippen molar-refractivity contribution >= 4 is 11.6 Å². The number of carbonyl (C=O) groups is 1. The third-order valence-corrected chi connectivity index (χ3v) is 4.13. The predicted molar refractivity (Wildman–Crippen MR) is 100 cm³/mol. The molecule has 3 rings (SSSR count). The van der Waals surface area contributed by atoms with E-state index in [1.807, 2.05) is 80.6 Å². The third-order valence-electron chi connectivity index (χ3n) is 4.13. The van der Waals surface area contributed by atoms with E-state index in [0.717, 1.165) is 22.6 Å². The molecule has 0 unspecified atom stereocenters. The molecule has 0 aliphatic rings. The number of benzene rings is 2. The molecule has 1 aromatic heterocycles. The van der Waals surface area contributed by atoms with Crippen LogP contribution in [0.1, 0.15) is 25.6 Å². The van der Waals surface area contributed by atoms with Crippen LogP contribution in [0.3, 0.4) is 0 Å². The summed E-state index contributed by atoms with van der Waals surface area (Å²) in [6.45, 7) is 3.82. The first-order valence-electron chi connectivity index (χ1n) is 8.40. The second-order valence-electron chi connectivity index (χ2n) is 6.03. The molecule has 0 aliphatic carbocycles. The van der Waals surface area contributed by atoms with Gasteiger partial charge in [0.1, 0.15) is 5.76 Å². The minimum Gasteiger partial charge on any atom is -0.468 e. The lowest BCUT2D eigenvalue weighted by atomic mass is 10.0. The highest BCUT2D eigenvalue weighted by Gasteiger charge is 2.18. The van der Waals surface area contributed by atoms with Gasteiger partial charge in [-0.25, -0.2) is 0 Å². The van der Waals surface area contributed by atoms with Crippen LogP contribution in [-0.2, 0) is 4.79 Å². The molecule has 2 atom stereocenters. The summed E-state index contributed by atoms with van der Waals surface area (Å²) >= 11 is 0. The Kier molecular flexibility index (Phi) is 5.31. The highest BCUT2D eigenvalue weighted by Crippen LogP contribution is 2.27. The monoisotopic (exact) mass is 334 g/mol. The second-order valence-corrected chi connectivity index (χ2v) is 6.03. The maximum atomic E-state index is 12.6. The average Bonchev–Trinajstić information content (AvgIpc) is 3.17. The number of hydrogen-bond acceptors (Lipinski definition) is 3. The van der Waals surface area contributed by atoms with Gasteiger partial charge < -0.3 is 9.73 Å². The third kappa shape index (κ3) is 4.17. The smallest absolute Gasteiger partial charge is 0.241 e. The number of anilines is 1. The second kappa shape index (κ2) is 7.81. The van der Waals surface area contributed by atoms with Gasteiger partial charge in [0.25, 0.3) is 0 Å². The minimum absolute atomic E-state index is 0.0416. The van der Waals surface area contributed by atoms with Gasteiger partial charge >= 0.3 is 0 Å². The van der Waals surface area contributed by atoms with Crippen LogP contribution >= 0.6 is 0 Å². The fourth-order valence-electron chi connectivity index (χ4n) is 2.77. The quantitative estimate of drug-likeness (QED) is 0.691. The van der Waals surface area contributed by atoms with Gasteiger partial charge in [0.15, 0.2) is 0 Å². The van der Waals surface area contributed by atoms with Crippen LogP contribution in [0, 0.1) is 0 Å². The lowest BCUT2D eigenvalue weighted by Gasteiger charge is -2.19. The molecule has 4 nitrogen and oxygen atoms in total.